The number of sulfonamides is 1. The van der Waals surface area contributed by atoms with E-state index in [9.17, 15) is 18.0 Å². The molecule has 0 aromatic heterocycles. The van der Waals surface area contributed by atoms with Gasteiger partial charge < -0.3 is 14.8 Å². The lowest BCUT2D eigenvalue weighted by Gasteiger charge is -2.30. The average molecular weight is 475 g/mol. The Hall–Kier alpha value is -2.91. The van der Waals surface area contributed by atoms with Crippen LogP contribution in [0.4, 0.5) is 5.69 Å². The lowest BCUT2D eigenvalue weighted by atomic mass is 10.0. The lowest BCUT2D eigenvalue weighted by molar-refractivity contribution is -0.119. The van der Waals surface area contributed by atoms with E-state index in [1.165, 1.54) is 17.5 Å². The smallest absolute Gasteiger partial charge is 0.338 e. The van der Waals surface area contributed by atoms with Gasteiger partial charge in [0.15, 0.2) is 6.61 Å². The molecule has 2 aromatic carbocycles. The summed E-state index contributed by atoms with van der Waals surface area (Å²) in [5.74, 6) is -0.209. The molecule has 0 bridgehead atoms. The first-order valence-electron chi connectivity index (χ1n) is 10.8. The maximum absolute atomic E-state index is 13.3. The number of nitrogens with zero attached hydrogens (tertiary/aromatic N) is 1. The van der Waals surface area contributed by atoms with E-state index >= 15 is 0 Å². The fourth-order valence-corrected chi connectivity index (χ4v) is 5.48. The van der Waals surface area contributed by atoms with Crippen molar-refractivity contribution >= 4 is 27.6 Å². The number of rotatable bonds is 7. The monoisotopic (exact) mass is 474 g/mol. The predicted octanol–water partition coefficient (Wildman–Crippen LogP) is 3.53. The second-order valence-electron chi connectivity index (χ2n) is 8.36. The molecule has 1 amide bonds. The number of amides is 1. The summed E-state index contributed by atoms with van der Waals surface area (Å²) >= 11 is 0. The van der Waals surface area contributed by atoms with Gasteiger partial charge in [-0.05, 0) is 68.0 Å². The Morgan fingerprint density at radius 3 is 2.48 bits per heavy atom. The molecule has 9 heteroatoms. The first-order valence-corrected chi connectivity index (χ1v) is 12.3. The Morgan fingerprint density at radius 2 is 1.82 bits per heavy atom. The van der Waals surface area contributed by atoms with Gasteiger partial charge in [0.2, 0.25) is 10.0 Å². The number of benzene rings is 2. The molecule has 0 saturated carbocycles. The minimum Gasteiger partial charge on any atom is -0.497 e. The van der Waals surface area contributed by atoms with Crippen LogP contribution < -0.4 is 10.1 Å². The Kier molecular flexibility index (Phi) is 7.76. The van der Waals surface area contributed by atoms with Crippen molar-refractivity contribution in [3.05, 3.63) is 53.1 Å². The number of ether oxygens (including phenoxy) is 2. The molecule has 1 fully saturated rings. The number of hydrogen-bond donors (Lipinski definition) is 1. The highest BCUT2D eigenvalue weighted by Crippen LogP contribution is 2.28. The average Bonchev–Trinajstić information content (AvgIpc) is 2.79. The Labute approximate surface area is 194 Å². The summed E-state index contributed by atoms with van der Waals surface area (Å²) in [6, 6.07) is 9.71. The molecule has 8 nitrogen and oxygen atoms in total. The summed E-state index contributed by atoms with van der Waals surface area (Å²) < 4.78 is 38.3. The molecule has 0 unspecified atom stereocenters. The molecule has 33 heavy (non-hydrogen) atoms. The van der Waals surface area contributed by atoms with Crippen molar-refractivity contribution in [2.75, 3.05) is 32.1 Å². The van der Waals surface area contributed by atoms with Crippen LogP contribution >= 0.6 is 0 Å². The zero-order valence-electron chi connectivity index (χ0n) is 19.4. The molecule has 0 spiro atoms. The van der Waals surface area contributed by atoms with Gasteiger partial charge in [-0.2, -0.15) is 4.31 Å². The topological polar surface area (TPSA) is 102 Å². The molecule has 0 atom stereocenters. The fraction of sp³-hybridized carbons (Fsp3) is 0.417. The maximum Gasteiger partial charge on any atom is 0.338 e. The number of methoxy groups -OCH3 is 1. The molecule has 3 rings (SSSR count). The highest BCUT2D eigenvalue weighted by molar-refractivity contribution is 7.89. The number of carbonyl (C=O) groups excluding carboxylic acids is 2. The van der Waals surface area contributed by atoms with Gasteiger partial charge in [0, 0.05) is 24.8 Å². The molecule has 1 saturated heterocycles. The molecule has 1 aliphatic heterocycles. The molecular weight excluding hydrogens is 444 g/mol. The summed E-state index contributed by atoms with van der Waals surface area (Å²) in [6.45, 7) is 6.00. The molecular formula is C24H30N2O6S. The van der Waals surface area contributed by atoms with Crippen LogP contribution in [0.3, 0.4) is 0 Å². The molecule has 1 heterocycles. The second kappa shape index (κ2) is 10.4. The minimum absolute atomic E-state index is 0.0937. The van der Waals surface area contributed by atoms with Crippen LogP contribution in [-0.4, -0.2) is 51.4 Å². The normalized spacial score (nSPS) is 15.2. The summed E-state index contributed by atoms with van der Waals surface area (Å²) in [5.41, 5.74) is 1.86. The predicted molar refractivity (Wildman–Crippen MR) is 125 cm³/mol. The quantitative estimate of drug-likeness (QED) is 0.616. The molecule has 1 N–H and O–H groups in total. The zero-order chi connectivity index (χ0) is 24.2. The van der Waals surface area contributed by atoms with E-state index < -0.39 is 28.5 Å². The van der Waals surface area contributed by atoms with Crippen LogP contribution in [0.15, 0.2) is 41.3 Å². The first-order chi connectivity index (χ1) is 15.6. The zero-order valence-corrected chi connectivity index (χ0v) is 20.2. The summed E-state index contributed by atoms with van der Waals surface area (Å²) in [4.78, 5) is 24.9. The van der Waals surface area contributed by atoms with Gasteiger partial charge >= 0.3 is 5.97 Å². The standard InChI is InChI=1S/C24H30N2O6S/c1-16-8-10-26(11-9-16)33(29,30)22-13-19(12-17(2)18(22)3)24(28)32-15-23(27)25-20-6-5-7-21(14-20)31-4/h5-7,12-14,16H,8-11,15H2,1-4H3,(H,25,27). The van der Waals surface area contributed by atoms with Gasteiger partial charge in [-0.25, -0.2) is 13.2 Å². The van der Waals surface area contributed by atoms with E-state index in [1.807, 2.05) is 0 Å². The van der Waals surface area contributed by atoms with Crippen LogP contribution in [0.2, 0.25) is 0 Å². The van der Waals surface area contributed by atoms with Crippen LogP contribution in [0.1, 0.15) is 41.3 Å². The molecule has 2 aromatic rings. The Balaban J connectivity index is 1.72. The number of piperidine rings is 1. The van der Waals surface area contributed by atoms with Crippen LogP contribution in [-0.2, 0) is 19.6 Å². The Morgan fingerprint density at radius 1 is 1.12 bits per heavy atom. The minimum atomic E-state index is -3.74. The van der Waals surface area contributed by atoms with Crippen molar-refractivity contribution in [3.8, 4) is 5.75 Å². The number of anilines is 1. The summed E-state index contributed by atoms with van der Waals surface area (Å²) in [6.07, 6.45) is 1.61. The third-order valence-corrected chi connectivity index (χ3v) is 7.93. The number of aryl methyl sites for hydroxylation is 1. The van der Waals surface area contributed by atoms with Gasteiger partial charge in [-0.1, -0.05) is 13.0 Å². The van der Waals surface area contributed by atoms with Gasteiger partial charge in [0.1, 0.15) is 5.75 Å². The SMILES string of the molecule is COc1cccc(NC(=O)COC(=O)c2cc(C)c(C)c(S(=O)(=O)N3CCC(C)CC3)c2)c1. The molecule has 1 aliphatic rings. The van der Waals surface area contributed by atoms with E-state index in [1.54, 1.807) is 44.2 Å². The van der Waals surface area contributed by atoms with Crippen molar-refractivity contribution < 1.29 is 27.5 Å². The molecule has 178 valence electrons. The summed E-state index contributed by atoms with van der Waals surface area (Å²) in [5, 5.41) is 2.63. The summed E-state index contributed by atoms with van der Waals surface area (Å²) in [7, 11) is -2.22. The maximum atomic E-state index is 13.3. The van der Waals surface area contributed by atoms with Crippen LogP contribution in [0.5, 0.6) is 5.75 Å². The molecule has 0 aliphatic carbocycles. The van der Waals surface area contributed by atoms with Crippen molar-refractivity contribution in [1.82, 2.24) is 4.31 Å². The number of hydrogen-bond acceptors (Lipinski definition) is 6. The van der Waals surface area contributed by atoms with Crippen molar-refractivity contribution in [2.24, 2.45) is 5.92 Å². The van der Waals surface area contributed by atoms with Gasteiger partial charge in [-0.15, -0.1) is 0 Å². The third kappa shape index (κ3) is 5.91. The van der Waals surface area contributed by atoms with Gasteiger partial charge in [0.25, 0.3) is 5.91 Å². The van der Waals surface area contributed by atoms with E-state index in [-0.39, 0.29) is 10.5 Å². The largest absolute Gasteiger partial charge is 0.497 e. The van der Waals surface area contributed by atoms with E-state index in [2.05, 4.69) is 12.2 Å². The van der Waals surface area contributed by atoms with E-state index in [0.29, 0.717) is 41.6 Å². The van der Waals surface area contributed by atoms with E-state index in [0.717, 1.165) is 12.8 Å². The Bertz CT molecular complexity index is 1140. The lowest BCUT2D eigenvalue weighted by Crippen LogP contribution is -2.38. The highest BCUT2D eigenvalue weighted by Gasteiger charge is 2.30. The van der Waals surface area contributed by atoms with Crippen LogP contribution in [0, 0.1) is 19.8 Å². The van der Waals surface area contributed by atoms with Crippen molar-refractivity contribution in [1.29, 1.82) is 0 Å². The first kappa shape index (κ1) is 24.7. The van der Waals surface area contributed by atoms with Gasteiger partial charge in [0.05, 0.1) is 17.6 Å². The fourth-order valence-electron chi connectivity index (χ4n) is 3.69. The van der Waals surface area contributed by atoms with Crippen molar-refractivity contribution in [3.63, 3.8) is 0 Å². The second-order valence-corrected chi connectivity index (χ2v) is 10.3. The van der Waals surface area contributed by atoms with Crippen molar-refractivity contribution in [2.45, 2.75) is 38.5 Å². The molecule has 0 radical (unpaired) electrons. The highest BCUT2D eigenvalue weighted by atomic mass is 32.2. The van der Waals surface area contributed by atoms with E-state index in [4.69, 9.17) is 9.47 Å². The number of nitrogens with one attached hydrogen (secondary N) is 1. The number of carbonyl (C=O) groups is 2. The van der Waals surface area contributed by atoms with Crippen LogP contribution in [0.25, 0.3) is 0 Å². The number of esters is 1. The third-order valence-electron chi connectivity index (χ3n) is 5.90. The van der Waals surface area contributed by atoms with Gasteiger partial charge in [-0.3, -0.25) is 4.79 Å².